The third-order valence-electron chi connectivity index (χ3n) is 12.1. The number of thioether (sulfide) groups is 1. The summed E-state index contributed by atoms with van der Waals surface area (Å²) in [4.78, 5) is 16.3. The molecule has 6 rings (SSSR count). The number of carbonyl (C=O) groups is 1. The summed E-state index contributed by atoms with van der Waals surface area (Å²) in [6.07, 6.45) is 6.77. The van der Waals surface area contributed by atoms with Crippen LogP contribution in [0.15, 0.2) is 29.2 Å². The van der Waals surface area contributed by atoms with Gasteiger partial charge in [-0.05, 0) is 110 Å². The maximum absolute atomic E-state index is 13.2. The van der Waals surface area contributed by atoms with E-state index in [1.807, 2.05) is 23.1 Å². The number of aliphatic hydroxyl groups is 3. The van der Waals surface area contributed by atoms with Crippen LogP contribution in [-0.2, 0) is 4.79 Å². The van der Waals surface area contributed by atoms with Gasteiger partial charge in [-0.25, -0.2) is 0 Å². The summed E-state index contributed by atoms with van der Waals surface area (Å²) in [6.45, 7) is 6.97. The summed E-state index contributed by atoms with van der Waals surface area (Å²) < 4.78 is 0. The van der Waals surface area contributed by atoms with E-state index in [1.54, 1.807) is 11.8 Å². The monoisotopic (exact) mass is 527 g/mol. The summed E-state index contributed by atoms with van der Waals surface area (Å²) in [5.74, 6) is 2.86. The molecule has 4 fully saturated rings. The largest absolute Gasteiger partial charge is 0.393 e. The second-order valence-electron chi connectivity index (χ2n) is 13.6. The van der Waals surface area contributed by atoms with E-state index in [-0.39, 0.29) is 41.0 Å². The second-order valence-corrected chi connectivity index (χ2v) is 14.6. The number of rotatable bonds is 4. The van der Waals surface area contributed by atoms with Crippen LogP contribution in [0.4, 0.5) is 5.69 Å². The molecule has 0 aromatic heterocycles. The van der Waals surface area contributed by atoms with Gasteiger partial charge in [0.25, 0.3) is 0 Å². The van der Waals surface area contributed by atoms with E-state index < -0.39 is 0 Å². The van der Waals surface area contributed by atoms with Crippen molar-refractivity contribution in [3.8, 4) is 0 Å². The highest BCUT2D eigenvalue weighted by Crippen LogP contribution is 2.68. The number of para-hydroxylation sites is 1. The fourth-order valence-electron chi connectivity index (χ4n) is 10.0. The Labute approximate surface area is 226 Å². The van der Waals surface area contributed by atoms with Crippen LogP contribution in [0.2, 0.25) is 0 Å². The van der Waals surface area contributed by atoms with Crippen molar-refractivity contribution in [1.82, 2.24) is 0 Å². The van der Waals surface area contributed by atoms with Crippen LogP contribution >= 0.6 is 11.8 Å². The van der Waals surface area contributed by atoms with Crippen molar-refractivity contribution in [3.05, 3.63) is 24.3 Å². The molecule has 0 spiro atoms. The van der Waals surface area contributed by atoms with Gasteiger partial charge in [-0.3, -0.25) is 4.79 Å². The number of nitrogens with zero attached hydrogens (tertiary/aromatic N) is 1. The molecule has 3 N–H and O–H groups in total. The zero-order valence-electron chi connectivity index (χ0n) is 22.7. The van der Waals surface area contributed by atoms with E-state index in [0.717, 1.165) is 57.1 Å². The first-order chi connectivity index (χ1) is 17.6. The highest BCUT2D eigenvalue weighted by Gasteiger charge is 2.65. The van der Waals surface area contributed by atoms with E-state index in [2.05, 4.69) is 26.8 Å². The van der Waals surface area contributed by atoms with E-state index in [1.165, 1.54) is 4.90 Å². The molecule has 5 nitrogen and oxygen atoms in total. The molecule has 5 aliphatic rings. The topological polar surface area (TPSA) is 81.0 Å². The Morgan fingerprint density at radius 2 is 1.86 bits per heavy atom. The fourth-order valence-corrected chi connectivity index (χ4v) is 11.1. The van der Waals surface area contributed by atoms with Crippen molar-refractivity contribution >= 4 is 23.4 Å². The Morgan fingerprint density at radius 3 is 2.68 bits per heavy atom. The Bertz CT molecular complexity index is 1030. The van der Waals surface area contributed by atoms with Gasteiger partial charge in [-0.15, -0.1) is 11.8 Å². The molecule has 204 valence electrons. The highest BCUT2D eigenvalue weighted by atomic mass is 32.2. The Kier molecular flexibility index (Phi) is 6.74. The summed E-state index contributed by atoms with van der Waals surface area (Å²) in [5, 5.41) is 33.6. The van der Waals surface area contributed by atoms with Gasteiger partial charge in [-0.2, -0.15) is 0 Å². The number of aliphatic hydroxyl groups excluding tert-OH is 3. The van der Waals surface area contributed by atoms with Crippen LogP contribution in [0.25, 0.3) is 0 Å². The standard InChI is InChI=1S/C31H45NO4S/c1-18(8-11-28(36)32-17-37-26-7-5-4-6-24(26)32)21-9-10-22-29-23(16-27(35)31(21,22)3)30(2)13-12-20(33)14-19(30)15-25(29)34/h4-7,18-23,25,27,29,33-35H,8-17H2,1-3H3/t18-,19+,20-,21-,22+,23+,25-,27+,29+,30+,31-/m1/s1. The molecule has 1 heterocycles. The average Bonchev–Trinajstić information content (AvgIpc) is 3.46. The van der Waals surface area contributed by atoms with Crippen molar-refractivity contribution in [2.75, 3.05) is 10.8 Å². The molecule has 4 saturated carbocycles. The summed E-state index contributed by atoms with van der Waals surface area (Å²) in [7, 11) is 0. The maximum Gasteiger partial charge on any atom is 0.227 e. The molecule has 1 aliphatic heterocycles. The molecule has 0 unspecified atom stereocenters. The maximum atomic E-state index is 13.2. The highest BCUT2D eigenvalue weighted by molar-refractivity contribution is 8.00. The van der Waals surface area contributed by atoms with Crippen LogP contribution in [0, 0.1) is 46.3 Å². The smallest absolute Gasteiger partial charge is 0.227 e. The number of anilines is 1. The Hall–Kier alpha value is -1.08. The van der Waals surface area contributed by atoms with Crippen LogP contribution in [-0.4, -0.2) is 45.4 Å². The van der Waals surface area contributed by atoms with Gasteiger partial charge in [0.05, 0.1) is 29.9 Å². The predicted octanol–water partition coefficient (Wildman–Crippen LogP) is 5.46. The summed E-state index contributed by atoms with van der Waals surface area (Å²) >= 11 is 1.73. The third-order valence-corrected chi connectivity index (χ3v) is 13.2. The lowest BCUT2D eigenvalue weighted by atomic mass is 9.43. The van der Waals surface area contributed by atoms with Crippen LogP contribution < -0.4 is 4.90 Å². The first-order valence-corrected chi connectivity index (χ1v) is 15.7. The van der Waals surface area contributed by atoms with Crippen LogP contribution in [0.3, 0.4) is 0 Å². The lowest BCUT2D eigenvalue weighted by Gasteiger charge is -2.63. The number of benzene rings is 1. The van der Waals surface area contributed by atoms with Gasteiger partial charge < -0.3 is 20.2 Å². The normalized spacial score (nSPS) is 45.5. The van der Waals surface area contributed by atoms with Gasteiger partial charge in [0.1, 0.15) is 0 Å². The molecule has 0 bridgehead atoms. The number of amides is 1. The average molecular weight is 528 g/mol. The quantitative estimate of drug-likeness (QED) is 0.484. The first kappa shape index (κ1) is 26.2. The van der Waals surface area contributed by atoms with Crippen LogP contribution in [0.1, 0.15) is 78.6 Å². The first-order valence-electron chi connectivity index (χ1n) is 14.7. The molecule has 0 radical (unpaired) electrons. The number of hydrogen-bond acceptors (Lipinski definition) is 5. The van der Waals surface area contributed by atoms with E-state index in [9.17, 15) is 20.1 Å². The number of fused-ring (bicyclic) bond motifs is 6. The van der Waals surface area contributed by atoms with Crippen LogP contribution in [0.5, 0.6) is 0 Å². The second kappa shape index (κ2) is 9.53. The molecule has 1 aromatic rings. The fraction of sp³-hybridized carbons (Fsp3) is 0.774. The van der Waals surface area contributed by atoms with E-state index >= 15 is 0 Å². The zero-order valence-corrected chi connectivity index (χ0v) is 23.5. The Balaban J connectivity index is 1.16. The third kappa shape index (κ3) is 4.03. The summed E-state index contributed by atoms with van der Waals surface area (Å²) in [6, 6.07) is 8.16. The SMILES string of the molecule is C[C@H](CCC(=O)N1CSc2ccccc21)[C@H]1CC[C@H]2[C@@H]3[C@H](O)C[C@@H]4C[C@H](O)CC[C@]4(C)[C@H]3C[C@H](O)[C@]12C. The molecule has 4 aliphatic carbocycles. The number of hydrogen-bond donors (Lipinski definition) is 3. The van der Waals surface area contributed by atoms with Gasteiger partial charge in [0, 0.05) is 11.3 Å². The summed E-state index contributed by atoms with van der Waals surface area (Å²) in [5.41, 5.74) is 0.934. The molecule has 1 amide bonds. The van der Waals surface area contributed by atoms with Gasteiger partial charge in [0.2, 0.25) is 5.91 Å². The molecule has 0 saturated heterocycles. The van der Waals surface area contributed by atoms with E-state index in [0.29, 0.717) is 41.9 Å². The van der Waals surface area contributed by atoms with Gasteiger partial charge in [0.15, 0.2) is 0 Å². The van der Waals surface area contributed by atoms with Crippen molar-refractivity contribution < 1.29 is 20.1 Å². The molecular weight excluding hydrogens is 482 g/mol. The van der Waals surface area contributed by atoms with Gasteiger partial charge in [-0.1, -0.05) is 32.9 Å². The lowest BCUT2D eigenvalue weighted by molar-refractivity contribution is -0.207. The lowest BCUT2D eigenvalue weighted by Crippen LogP contribution is -2.62. The molecule has 11 atom stereocenters. The van der Waals surface area contributed by atoms with Crippen molar-refractivity contribution in [1.29, 1.82) is 0 Å². The minimum Gasteiger partial charge on any atom is -0.393 e. The molecule has 6 heteroatoms. The minimum absolute atomic E-state index is 0.103. The van der Waals surface area contributed by atoms with Gasteiger partial charge >= 0.3 is 0 Å². The predicted molar refractivity (Wildman–Crippen MR) is 147 cm³/mol. The molecule has 37 heavy (non-hydrogen) atoms. The van der Waals surface area contributed by atoms with Crippen molar-refractivity contribution in [3.63, 3.8) is 0 Å². The number of carbonyl (C=O) groups excluding carboxylic acids is 1. The van der Waals surface area contributed by atoms with Crippen molar-refractivity contribution in [2.24, 2.45) is 46.3 Å². The molecule has 1 aromatic carbocycles. The van der Waals surface area contributed by atoms with E-state index in [4.69, 9.17) is 0 Å². The Morgan fingerprint density at radius 1 is 1.08 bits per heavy atom. The minimum atomic E-state index is -0.374. The zero-order chi connectivity index (χ0) is 26.1. The molecular formula is C31H45NO4S. The van der Waals surface area contributed by atoms with Crippen molar-refractivity contribution in [2.45, 2.75) is 102 Å².